The van der Waals surface area contributed by atoms with E-state index in [1.165, 1.54) is 27.8 Å². The number of carboxylic acid groups (broad SMARTS) is 1. The Labute approximate surface area is 269 Å². The van der Waals surface area contributed by atoms with Crippen LogP contribution in [0.5, 0.6) is 0 Å². The average molecular weight is 624 g/mol. The number of hydrogen-bond acceptors (Lipinski definition) is 4. The molecule has 0 aliphatic carbocycles. The van der Waals surface area contributed by atoms with Crippen molar-refractivity contribution < 1.29 is 15.0 Å². The van der Waals surface area contributed by atoms with E-state index in [-0.39, 0.29) is 11.7 Å². The van der Waals surface area contributed by atoms with Gasteiger partial charge in [-0.25, -0.2) is 0 Å². The van der Waals surface area contributed by atoms with Gasteiger partial charge in [0.25, 0.3) is 0 Å². The van der Waals surface area contributed by atoms with E-state index >= 15 is 0 Å². The lowest BCUT2D eigenvalue weighted by Gasteiger charge is -2.22. The largest absolute Gasteiger partial charge is 0.481 e. The Morgan fingerprint density at radius 1 is 0.864 bits per heavy atom. The average Bonchev–Trinajstić information content (AvgIpc) is 3.02. The number of aliphatic hydroxyl groups is 1. The van der Waals surface area contributed by atoms with Gasteiger partial charge in [0.1, 0.15) is 0 Å². The molecule has 0 bridgehead atoms. The second-order valence-corrected chi connectivity index (χ2v) is 13.0. The first kappa shape index (κ1) is 31.8. The van der Waals surface area contributed by atoms with E-state index < -0.39 is 12.1 Å². The molecule has 6 heteroatoms. The van der Waals surface area contributed by atoms with Crippen molar-refractivity contribution in [1.29, 1.82) is 0 Å². The zero-order valence-corrected chi connectivity index (χ0v) is 26.5. The molecule has 0 saturated heterocycles. The van der Waals surface area contributed by atoms with Crippen molar-refractivity contribution in [2.24, 2.45) is 0 Å². The van der Waals surface area contributed by atoms with Crippen molar-refractivity contribution in [3.63, 3.8) is 0 Å². The zero-order valence-electron chi connectivity index (χ0n) is 25.0. The fourth-order valence-corrected chi connectivity index (χ4v) is 7.11. The minimum atomic E-state index is -0.775. The highest BCUT2D eigenvalue weighted by atomic mass is 35.5. The van der Waals surface area contributed by atoms with Crippen LogP contribution in [0.4, 0.5) is 0 Å². The Balaban J connectivity index is 1.37. The number of thioether (sulfide) groups is 1. The first-order valence-corrected chi connectivity index (χ1v) is 16.6. The van der Waals surface area contributed by atoms with Crippen LogP contribution in [-0.4, -0.2) is 33.0 Å². The summed E-state index contributed by atoms with van der Waals surface area (Å²) in [7, 11) is 0. The molecule has 5 aromatic rings. The molecule has 0 radical (unpaired) electrons. The number of carboxylic acids is 1. The number of aliphatic hydroxyl groups excluding tert-OH is 1. The van der Waals surface area contributed by atoms with Crippen molar-refractivity contribution in [3.05, 3.63) is 136 Å². The van der Waals surface area contributed by atoms with E-state index in [2.05, 4.69) is 78.9 Å². The Bertz CT molecular complexity index is 1720. The molecule has 0 spiro atoms. The summed E-state index contributed by atoms with van der Waals surface area (Å²) in [6.45, 7) is 1.82. The van der Waals surface area contributed by atoms with E-state index in [0.717, 1.165) is 47.8 Å². The van der Waals surface area contributed by atoms with Gasteiger partial charge in [-0.3, -0.25) is 9.78 Å². The fourth-order valence-electron chi connectivity index (χ4n) is 5.70. The Morgan fingerprint density at radius 3 is 2.45 bits per heavy atom. The van der Waals surface area contributed by atoms with E-state index in [1.807, 2.05) is 31.2 Å². The number of carbonyl (C=O) groups is 1. The number of aliphatic carboxylic acids is 1. The van der Waals surface area contributed by atoms with Gasteiger partial charge >= 0.3 is 5.97 Å². The molecule has 4 aromatic carbocycles. The van der Waals surface area contributed by atoms with E-state index in [4.69, 9.17) is 16.6 Å². The van der Waals surface area contributed by atoms with Crippen LogP contribution < -0.4 is 0 Å². The minimum absolute atomic E-state index is 0.127. The van der Waals surface area contributed by atoms with Gasteiger partial charge in [-0.05, 0) is 90.6 Å². The summed E-state index contributed by atoms with van der Waals surface area (Å²) in [5.41, 5.74) is 9.16. The van der Waals surface area contributed by atoms with Gasteiger partial charge in [-0.15, -0.1) is 0 Å². The number of aryl methyl sites for hydroxylation is 3. The number of rotatable bonds is 14. The van der Waals surface area contributed by atoms with Gasteiger partial charge in [0.15, 0.2) is 0 Å². The number of nitrogens with zero attached hydrogens (tertiary/aromatic N) is 1. The molecule has 0 fully saturated rings. The number of aromatic nitrogens is 1. The second kappa shape index (κ2) is 15.4. The maximum absolute atomic E-state index is 11.4. The lowest BCUT2D eigenvalue weighted by Crippen LogP contribution is -2.08. The third-order valence-corrected chi connectivity index (χ3v) is 9.44. The molecule has 1 heterocycles. The summed E-state index contributed by atoms with van der Waals surface area (Å²) < 4.78 is 0. The summed E-state index contributed by atoms with van der Waals surface area (Å²) in [4.78, 5) is 16.2. The highest BCUT2D eigenvalue weighted by Gasteiger charge is 2.19. The quantitative estimate of drug-likeness (QED) is 0.129. The summed E-state index contributed by atoms with van der Waals surface area (Å²) in [6, 6.07) is 35.5. The molecule has 0 saturated carbocycles. The molecule has 5 rings (SSSR count). The van der Waals surface area contributed by atoms with Gasteiger partial charge in [0.05, 0.1) is 18.0 Å². The molecular formula is C38H38ClNO3S. The molecule has 2 atom stereocenters. The molecule has 0 aliphatic rings. The van der Waals surface area contributed by atoms with Crippen LogP contribution in [0.15, 0.2) is 103 Å². The Kier molecular flexibility index (Phi) is 11.1. The molecule has 4 nitrogen and oxygen atoms in total. The van der Waals surface area contributed by atoms with E-state index in [0.29, 0.717) is 17.2 Å². The number of hydrogen-bond donors (Lipinski definition) is 2. The van der Waals surface area contributed by atoms with E-state index in [1.54, 1.807) is 11.8 Å². The van der Waals surface area contributed by atoms with Crippen LogP contribution in [0.2, 0.25) is 5.02 Å². The van der Waals surface area contributed by atoms with Gasteiger partial charge < -0.3 is 10.2 Å². The maximum Gasteiger partial charge on any atom is 0.304 e. The van der Waals surface area contributed by atoms with Gasteiger partial charge in [-0.1, -0.05) is 96.5 Å². The lowest BCUT2D eigenvalue weighted by molar-refractivity contribution is -0.136. The van der Waals surface area contributed by atoms with Crippen molar-refractivity contribution in [1.82, 2.24) is 4.98 Å². The van der Waals surface area contributed by atoms with Crippen molar-refractivity contribution in [2.45, 2.75) is 56.8 Å². The molecule has 226 valence electrons. The third kappa shape index (κ3) is 8.72. The Hall–Kier alpha value is -3.64. The molecule has 2 unspecified atom stereocenters. The summed E-state index contributed by atoms with van der Waals surface area (Å²) in [5.74, 6) is -0.225. The predicted octanol–water partition coefficient (Wildman–Crippen LogP) is 9.15. The van der Waals surface area contributed by atoms with Crippen molar-refractivity contribution in [2.75, 3.05) is 5.75 Å². The van der Waals surface area contributed by atoms with Crippen molar-refractivity contribution >= 4 is 40.2 Å². The number of pyridine rings is 1. The van der Waals surface area contributed by atoms with Gasteiger partial charge in [0.2, 0.25) is 0 Å². The van der Waals surface area contributed by atoms with Gasteiger partial charge in [-0.2, -0.15) is 11.8 Å². The number of fused-ring (bicyclic) bond motifs is 1. The molecule has 2 N–H and O–H groups in total. The normalized spacial score (nSPS) is 12.7. The van der Waals surface area contributed by atoms with Gasteiger partial charge in [0, 0.05) is 27.1 Å². The summed E-state index contributed by atoms with van der Waals surface area (Å²) in [6.07, 6.45) is 3.77. The van der Waals surface area contributed by atoms with Crippen LogP contribution in [0.25, 0.3) is 22.0 Å². The molecule has 0 aliphatic heterocycles. The topological polar surface area (TPSA) is 70.4 Å². The molecule has 0 amide bonds. The standard InChI is InChI=1S/C38H38ClNO3S/c1-26(41)23-30-9-3-2-8-28(30)16-20-37(44-22-21-38(42)43)35-12-5-4-11-34(35)31-10-6-7-27(24-31)13-18-33-19-15-29-14-17-32(39)25-36(29)40-33/h2-12,14-15,17,19,24-26,37,41H,13,16,18,20-23H2,1H3,(H,42,43). The number of halogens is 1. The van der Waals surface area contributed by atoms with Crippen LogP contribution in [0.3, 0.4) is 0 Å². The van der Waals surface area contributed by atoms with Crippen LogP contribution in [0.1, 0.15) is 53.0 Å². The highest BCUT2D eigenvalue weighted by molar-refractivity contribution is 7.99. The third-order valence-electron chi connectivity index (χ3n) is 7.87. The van der Waals surface area contributed by atoms with Crippen LogP contribution in [-0.2, 0) is 30.5 Å². The fraction of sp³-hybridized carbons (Fsp3) is 0.263. The maximum atomic E-state index is 11.4. The first-order chi connectivity index (χ1) is 21.4. The minimum Gasteiger partial charge on any atom is -0.481 e. The summed E-state index contributed by atoms with van der Waals surface area (Å²) in [5, 5.41) is 21.3. The second-order valence-electron chi connectivity index (χ2n) is 11.3. The first-order valence-electron chi connectivity index (χ1n) is 15.2. The van der Waals surface area contributed by atoms with Crippen LogP contribution >= 0.6 is 23.4 Å². The highest BCUT2D eigenvalue weighted by Crippen LogP contribution is 2.40. The Morgan fingerprint density at radius 2 is 1.64 bits per heavy atom. The van der Waals surface area contributed by atoms with E-state index in [9.17, 15) is 15.0 Å². The lowest BCUT2D eigenvalue weighted by atomic mass is 9.92. The zero-order chi connectivity index (χ0) is 30.9. The molecule has 1 aromatic heterocycles. The molecular weight excluding hydrogens is 586 g/mol. The monoisotopic (exact) mass is 623 g/mol. The smallest absolute Gasteiger partial charge is 0.304 e. The summed E-state index contributed by atoms with van der Waals surface area (Å²) >= 11 is 7.91. The predicted molar refractivity (Wildman–Crippen MR) is 184 cm³/mol. The number of benzene rings is 4. The van der Waals surface area contributed by atoms with Crippen molar-refractivity contribution in [3.8, 4) is 11.1 Å². The van der Waals surface area contributed by atoms with Crippen LogP contribution in [0, 0.1) is 0 Å². The SMILES string of the molecule is CC(O)Cc1ccccc1CCC(SCCC(=O)O)c1ccccc1-c1cccc(CCc2ccc3ccc(Cl)cc3n2)c1. The molecule has 44 heavy (non-hydrogen) atoms.